The Bertz CT molecular complexity index is 884. The molecule has 0 bridgehead atoms. The summed E-state index contributed by atoms with van der Waals surface area (Å²) in [5.41, 5.74) is 3.41. The summed E-state index contributed by atoms with van der Waals surface area (Å²) in [5.74, 6) is 0.447. The smallest absolute Gasteiger partial charge is 0.251 e. The number of aryl methyl sites for hydroxylation is 1. The Morgan fingerprint density at radius 1 is 1.08 bits per heavy atom. The highest BCUT2D eigenvalue weighted by Crippen LogP contribution is 2.23. The Labute approximate surface area is 154 Å². The van der Waals surface area contributed by atoms with Crippen LogP contribution in [0.1, 0.15) is 21.6 Å². The van der Waals surface area contributed by atoms with Crippen LogP contribution < -0.4 is 10.6 Å². The summed E-state index contributed by atoms with van der Waals surface area (Å²) in [7, 11) is 0. The lowest BCUT2D eigenvalue weighted by Crippen LogP contribution is -2.23. The Kier molecular flexibility index (Phi) is 5.40. The van der Waals surface area contributed by atoms with Gasteiger partial charge in [0.15, 0.2) is 0 Å². The average molecular weight is 397 g/mol. The molecule has 2 heterocycles. The van der Waals surface area contributed by atoms with Crippen molar-refractivity contribution in [3.63, 3.8) is 0 Å². The lowest BCUT2D eigenvalue weighted by atomic mass is 10.2. The number of anilines is 2. The Morgan fingerprint density at radius 2 is 1.96 bits per heavy atom. The van der Waals surface area contributed by atoms with Gasteiger partial charge in [0.2, 0.25) is 0 Å². The van der Waals surface area contributed by atoms with Crippen LogP contribution in [0.5, 0.6) is 0 Å². The van der Waals surface area contributed by atoms with Gasteiger partial charge < -0.3 is 10.6 Å². The highest BCUT2D eigenvalue weighted by Gasteiger charge is 2.08. The number of pyridine rings is 2. The molecule has 25 heavy (non-hydrogen) atoms. The van der Waals surface area contributed by atoms with Crippen molar-refractivity contribution in [3.05, 3.63) is 82.2 Å². The Balaban J connectivity index is 1.68. The van der Waals surface area contributed by atoms with Crippen LogP contribution in [0, 0.1) is 6.92 Å². The van der Waals surface area contributed by atoms with Gasteiger partial charge in [0.1, 0.15) is 5.82 Å². The van der Waals surface area contributed by atoms with E-state index >= 15 is 0 Å². The fourth-order valence-electron chi connectivity index (χ4n) is 2.23. The van der Waals surface area contributed by atoms with E-state index < -0.39 is 0 Å². The molecule has 5 nitrogen and oxygen atoms in total. The number of rotatable bonds is 5. The lowest BCUT2D eigenvalue weighted by molar-refractivity contribution is 0.0950. The maximum atomic E-state index is 12.3. The molecular weight excluding hydrogens is 380 g/mol. The number of nitrogens with one attached hydrogen (secondary N) is 2. The molecule has 0 radical (unpaired) electrons. The van der Waals surface area contributed by atoms with E-state index in [9.17, 15) is 4.79 Å². The minimum absolute atomic E-state index is 0.166. The quantitative estimate of drug-likeness (QED) is 0.677. The van der Waals surface area contributed by atoms with Crippen LogP contribution in [-0.4, -0.2) is 15.9 Å². The molecular formula is C19H17BrN4O. The fourth-order valence-corrected chi connectivity index (χ4v) is 2.61. The number of carbonyl (C=O) groups is 1. The first kappa shape index (κ1) is 17.1. The number of aromatic nitrogens is 2. The van der Waals surface area contributed by atoms with Gasteiger partial charge in [-0.15, -0.1) is 0 Å². The van der Waals surface area contributed by atoms with Gasteiger partial charge in [0.05, 0.1) is 12.2 Å². The summed E-state index contributed by atoms with van der Waals surface area (Å²) in [6.07, 6.45) is 3.32. The molecule has 3 aromatic rings. The van der Waals surface area contributed by atoms with E-state index in [1.54, 1.807) is 24.5 Å². The third kappa shape index (κ3) is 4.64. The number of hydrogen-bond donors (Lipinski definition) is 2. The molecule has 0 atom stereocenters. The highest BCUT2D eigenvalue weighted by molar-refractivity contribution is 9.10. The van der Waals surface area contributed by atoms with Crippen LogP contribution in [0.15, 0.2) is 65.4 Å². The standard InChI is InChI=1S/C19H17BrN4O/c1-13-5-6-15(11-17(13)20)24-18-10-14(7-9-22-18)19(25)23-12-16-4-2-3-8-21-16/h2-11H,12H2,1H3,(H,22,24)(H,23,25). The fraction of sp³-hybridized carbons (Fsp3) is 0.105. The highest BCUT2D eigenvalue weighted by atomic mass is 79.9. The zero-order chi connectivity index (χ0) is 17.6. The zero-order valence-electron chi connectivity index (χ0n) is 13.7. The number of halogens is 1. The van der Waals surface area contributed by atoms with Gasteiger partial charge in [0.25, 0.3) is 5.91 Å². The van der Waals surface area contributed by atoms with E-state index in [-0.39, 0.29) is 5.91 Å². The van der Waals surface area contributed by atoms with Crippen LogP contribution in [0.4, 0.5) is 11.5 Å². The third-order valence-electron chi connectivity index (χ3n) is 3.62. The van der Waals surface area contributed by atoms with Crippen molar-refractivity contribution >= 4 is 33.3 Å². The summed E-state index contributed by atoms with van der Waals surface area (Å²) < 4.78 is 1.02. The minimum Gasteiger partial charge on any atom is -0.346 e. The second kappa shape index (κ2) is 7.90. The molecule has 1 aromatic carbocycles. The van der Waals surface area contributed by atoms with E-state index in [2.05, 4.69) is 36.5 Å². The second-order valence-corrected chi connectivity index (χ2v) is 6.38. The van der Waals surface area contributed by atoms with Crippen molar-refractivity contribution in [2.75, 3.05) is 5.32 Å². The van der Waals surface area contributed by atoms with Crippen molar-refractivity contribution in [2.45, 2.75) is 13.5 Å². The molecule has 2 aromatic heterocycles. The first-order valence-electron chi connectivity index (χ1n) is 7.79. The molecule has 126 valence electrons. The first-order valence-corrected chi connectivity index (χ1v) is 8.58. The molecule has 1 amide bonds. The molecule has 3 rings (SSSR count). The molecule has 0 spiro atoms. The molecule has 0 saturated heterocycles. The summed E-state index contributed by atoms with van der Waals surface area (Å²) in [6.45, 7) is 2.41. The number of amides is 1. The number of benzene rings is 1. The maximum Gasteiger partial charge on any atom is 0.251 e. The predicted octanol–water partition coefficient (Wildman–Crippen LogP) is 4.22. The van der Waals surface area contributed by atoms with Gasteiger partial charge >= 0.3 is 0 Å². The molecule has 0 aliphatic rings. The molecule has 0 unspecified atom stereocenters. The summed E-state index contributed by atoms with van der Waals surface area (Å²) in [4.78, 5) is 20.8. The number of nitrogens with zero attached hydrogens (tertiary/aromatic N) is 2. The Morgan fingerprint density at radius 3 is 2.72 bits per heavy atom. The number of carbonyl (C=O) groups excluding carboxylic acids is 1. The zero-order valence-corrected chi connectivity index (χ0v) is 15.2. The SMILES string of the molecule is Cc1ccc(Nc2cc(C(=O)NCc3ccccn3)ccn2)cc1Br. The van der Waals surface area contributed by atoms with Crippen molar-refractivity contribution in [2.24, 2.45) is 0 Å². The van der Waals surface area contributed by atoms with Gasteiger partial charge in [-0.3, -0.25) is 9.78 Å². The molecule has 2 N–H and O–H groups in total. The van der Waals surface area contributed by atoms with Crippen molar-refractivity contribution < 1.29 is 4.79 Å². The van der Waals surface area contributed by atoms with Crippen LogP contribution in [0.2, 0.25) is 0 Å². The topological polar surface area (TPSA) is 66.9 Å². The van der Waals surface area contributed by atoms with E-state index in [4.69, 9.17) is 0 Å². The minimum atomic E-state index is -0.166. The number of hydrogen-bond acceptors (Lipinski definition) is 4. The van der Waals surface area contributed by atoms with Gasteiger partial charge in [0, 0.05) is 28.1 Å². The van der Waals surface area contributed by atoms with E-state index in [1.165, 1.54) is 0 Å². The molecule has 0 fully saturated rings. The van der Waals surface area contributed by atoms with Crippen molar-refractivity contribution in [3.8, 4) is 0 Å². The van der Waals surface area contributed by atoms with Gasteiger partial charge in [-0.05, 0) is 48.9 Å². The van der Waals surface area contributed by atoms with Gasteiger partial charge in [-0.2, -0.15) is 0 Å². The van der Waals surface area contributed by atoms with Gasteiger partial charge in [-0.25, -0.2) is 4.98 Å². The van der Waals surface area contributed by atoms with Gasteiger partial charge in [-0.1, -0.05) is 28.1 Å². The molecule has 0 saturated carbocycles. The monoisotopic (exact) mass is 396 g/mol. The van der Waals surface area contributed by atoms with Crippen LogP contribution in [0.3, 0.4) is 0 Å². The van der Waals surface area contributed by atoms with E-state index in [0.717, 1.165) is 21.4 Å². The summed E-state index contributed by atoms with van der Waals surface area (Å²) in [5, 5.41) is 6.07. The third-order valence-corrected chi connectivity index (χ3v) is 4.48. The van der Waals surface area contributed by atoms with Crippen molar-refractivity contribution in [1.29, 1.82) is 0 Å². The van der Waals surface area contributed by atoms with Crippen LogP contribution in [-0.2, 0) is 6.54 Å². The van der Waals surface area contributed by atoms with Crippen molar-refractivity contribution in [1.82, 2.24) is 15.3 Å². The molecule has 6 heteroatoms. The summed E-state index contributed by atoms with van der Waals surface area (Å²) in [6, 6.07) is 15.0. The average Bonchev–Trinajstić information content (AvgIpc) is 2.64. The molecule has 0 aliphatic heterocycles. The predicted molar refractivity (Wildman–Crippen MR) is 102 cm³/mol. The Hall–Kier alpha value is -2.73. The summed E-state index contributed by atoms with van der Waals surface area (Å²) >= 11 is 3.51. The normalized spacial score (nSPS) is 10.3. The van der Waals surface area contributed by atoms with Crippen LogP contribution in [0.25, 0.3) is 0 Å². The van der Waals surface area contributed by atoms with E-state index in [0.29, 0.717) is 17.9 Å². The lowest BCUT2D eigenvalue weighted by Gasteiger charge is -2.09. The second-order valence-electron chi connectivity index (χ2n) is 5.52. The first-order chi connectivity index (χ1) is 12.1. The van der Waals surface area contributed by atoms with E-state index in [1.807, 2.05) is 43.3 Å². The van der Waals surface area contributed by atoms with Crippen LogP contribution >= 0.6 is 15.9 Å². The molecule has 0 aliphatic carbocycles. The maximum absolute atomic E-state index is 12.3. The largest absolute Gasteiger partial charge is 0.346 e.